The molecule has 0 saturated heterocycles. The van der Waals surface area contributed by atoms with Gasteiger partial charge in [-0.25, -0.2) is 4.68 Å². The lowest BCUT2D eigenvalue weighted by molar-refractivity contribution is -0.869. The molecule has 0 aliphatic carbocycles. The van der Waals surface area contributed by atoms with Gasteiger partial charge in [-0.15, -0.1) is 0 Å². The highest BCUT2D eigenvalue weighted by molar-refractivity contribution is 5.95. The van der Waals surface area contributed by atoms with Gasteiger partial charge in [0, 0.05) is 22.6 Å². The number of hydrogen-bond donors (Lipinski definition) is 2. The van der Waals surface area contributed by atoms with E-state index in [1.54, 1.807) is 48.1 Å². The predicted octanol–water partition coefficient (Wildman–Crippen LogP) is 4.04. The van der Waals surface area contributed by atoms with E-state index in [9.17, 15) is 22.8 Å². The highest BCUT2D eigenvalue weighted by Crippen LogP contribution is 2.32. The molecular formula is C28H30F3N6O2+. The summed E-state index contributed by atoms with van der Waals surface area (Å²) in [5, 5.41) is 7.16. The maximum atomic E-state index is 13.6. The number of aromatic nitrogens is 3. The second-order valence-electron chi connectivity index (χ2n) is 10.2. The van der Waals surface area contributed by atoms with E-state index in [0.717, 1.165) is 16.7 Å². The third-order valence-corrected chi connectivity index (χ3v) is 6.25. The topological polar surface area (TPSA) is 94.9 Å². The molecule has 2 aromatic carbocycles. The fourth-order valence-electron chi connectivity index (χ4n) is 4.19. The Labute approximate surface area is 223 Å². The minimum Gasteiger partial charge on any atom is -0.399 e. The van der Waals surface area contributed by atoms with E-state index in [1.165, 1.54) is 18.2 Å². The number of quaternary nitrogens is 1. The van der Waals surface area contributed by atoms with Gasteiger partial charge in [0.2, 0.25) is 0 Å². The molecule has 0 spiro atoms. The number of carbonyl (C=O) groups excluding carboxylic acids is 1. The lowest BCUT2D eigenvalue weighted by Crippen LogP contribution is -2.43. The highest BCUT2D eigenvalue weighted by Gasteiger charge is 2.31. The van der Waals surface area contributed by atoms with Crippen molar-refractivity contribution in [2.24, 2.45) is 0 Å². The van der Waals surface area contributed by atoms with Crippen LogP contribution >= 0.6 is 0 Å². The molecule has 4 rings (SSSR count). The number of pyridine rings is 1. The summed E-state index contributed by atoms with van der Waals surface area (Å²) >= 11 is 0. The maximum absolute atomic E-state index is 13.6. The number of likely N-dealkylation sites (N-methyl/N-ethyl adjacent to an activating group) is 1. The molecule has 8 nitrogen and oxygen atoms in total. The Morgan fingerprint density at radius 3 is 2.36 bits per heavy atom. The first-order chi connectivity index (χ1) is 18.3. The minimum atomic E-state index is -4.61. The second kappa shape index (κ2) is 10.4. The smallest absolute Gasteiger partial charge is 0.399 e. The van der Waals surface area contributed by atoms with Crippen molar-refractivity contribution in [1.82, 2.24) is 19.7 Å². The number of nitrogens with zero attached hydrogens (tertiary/aromatic N) is 4. The number of carbonyl (C=O) groups is 1. The third kappa shape index (κ3) is 6.04. The lowest BCUT2D eigenvalue weighted by atomic mass is 10.0. The normalized spacial score (nSPS) is 12.0. The highest BCUT2D eigenvalue weighted by atomic mass is 19.4. The number of nitrogens with two attached hydrogens (primary N) is 1. The van der Waals surface area contributed by atoms with Gasteiger partial charge in [-0.2, -0.15) is 18.3 Å². The molecular weight excluding hydrogens is 509 g/mol. The summed E-state index contributed by atoms with van der Waals surface area (Å²) in [4.78, 5) is 26.9. The third-order valence-electron chi connectivity index (χ3n) is 6.25. The van der Waals surface area contributed by atoms with Crippen LogP contribution in [0, 0.1) is 6.92 Å². The molecule has 1 amide bonds. The molecule has 0 fully saturated rings. The van der Waals surface area contributed by atoms with Gasteiger partial charge >= 0.3 is 6.18 Å². The van der Waals surface area contributed by atoms with Crippen molar-refractivity contribution in [1.29, 1.82) is 0 Å². The molecule has 39 heavy (non-hydrogen) atoms. The Kier molecular flexibility index (Phi) is 7.38. The van der Waals surface area contributed by atoms with E-state index in [-0.39, 0.29) is 11.3 Å². The summed E-state index contributed by atoms with van der Waals surface area (Å²) in [5.74, 6) is -0.617. The molecule has 2 heterocycles. The van der Waals surface area contributed by atoms with E-state index in [0.29, 0.717) is 45.9 Å². The average molecular weight is 540 g/mol. The van der Waals surface area contributed by atoms with E-state index in [2.05, 4.69) is 10.4 Å². The van der Waals surface area contributed by atoms with Crippen molar-refractivity contribution in [3.05, 3.63) is 94.0 Å². The van der Waals surface area contributed by atoms with Crippen molar-refractivity contribution in [3.8, 4) is 22.6 Å². The number of alkyl halides is 3. The van der Waals surface area contributed by atoms with Gasteiger partial charge in [0.25, 0.3) is 11.5 Å². The van der Waals surface area contributed by atoms with Crippen LogP contribution in [0.15, 0.2) is 71.7 Å². The Bertz CT molecular complexity index is 1560. The average Bonchev–Trinajstić information content (AvgIpc) is 3.33. The number of hydrogen-bond acceptors (Lipinski definition) is 4. The van der Waals surface area contributed by atoms with Crippen molar-refractivity contribution < 1.29 is 22.4 Å². The summed E-state index contributed by atoms with van der Waals surface area (Å²) in [6.45, 7) is 2.53. The summed E-state index contributed by atoms with van der Waals surface area (Å²) < 4.78 is 43.9. The van der Waals surface area contributed by atoms with Gasteiger partial charge in [0.1, 0.15) is 5.56 Å². The lowest BCUT2D eigenvalue weighted by Gasteiger charge is -2.24. The van der Waals surface area contributed by atoms with Crippen molar-refractivity contribution in [2.45, 2.75) is 13.1 Å². The van der Waals surface area contributed by atoms with Gasteiger partial charge in [0.15, 0.2) is 0 Å². The van der Waals surface area contributed by atoms with Gasteiger partial charge in [-0.1, -0.05) is 6.07 Å². The maximum Gasteiger partial charge on any atom is 0.416 e. The van der Waals surface area contributed by atoms with E-state index in [1.807, 2.05) is 21.1 Å². The molecule has 2 aromatic heterocycles. The van der Waals surface area contributed by atoms with Gasteiger partial charge < -0.3 is 15.5 Å². The number of nitrogen functional groups attached to an aromatic ring is 1. The predicted molar refractivity (Wildman–Crippen MR) is 144 cm³/mol. The summed E-state index contributed by atoms with van der Waals surface area (Å²) in [6.07, 6.45) is -3.05. The first-order valence-electron chi connectivity index (χ1n) is 12.2. The molecule has 0 unspecified atom stereocenters. The minimum absolute atomic E-state index is 0.00636. The largest absolute Gasteiger partial charge is 0.416 e. The van der Waals surface area contributed by atoms with Crippen LogP contribution in [0.5, 0.6) is 0 Å². The van der Waals surface area contributed by atoms with Crippen molar-refractivity contribution in [3.63, 3.8) is 0 Å². The first kappa shape index (κ1) is 27.6. The number of benzene rings is 2. The van der Waals surface area contributed by atoms with Crippen LogP contribution in [0.25, 0.3) is 22.6 Å². The van der Waals surface area contributed by atoms with Gasteiger partial charge in [-0.3, -0.25) is 14.2 Å². The zero-order valence-electron chi connectivity index (χ0n) is 22.1. The Balaban J connectivity index is 1.92. The zero-order chi connectivity index (χ0) is 28.5. The van der Waals surface area contributed by atoms with Crippen LogP contribution in [0.4, 0.5) is 18.9 Å². The van der Waals surface area contributed by atoms with E-state index in [4.69, 9.17) is 5.73 Å². The Hall–Kier alpha value is -4.38. The van der Waals surface area contributed by atoms with Crippen molar-refractivity contribution >= 4 is 11.6 Å². The molecule has 0 aliphatic heterocycles. The van der Waals surface area contributed by atoms with Crippen LogP contribution in [-0.2, 0) is 6.18 Å². The molecule has 0 atom stereocenters. The summed E-state index contributed by atoms with van der Waals surface area (Å²) in [6, 6.07) is 14.6. The van der Waals surface area contributed by atoms with E-state index < -0.39 is 23.2 Å². The van der Waals surface area contributed by atoms with Crippen LogP contribution in [0.3, 0.4) is 0 Å². The van der Waals surface area contributed by atoms with E-state index >= 15 is 0 Å². The quantitative estimate of drug-likeness (QED) is 0.274. The van der Waals surface area contributed by atoms with Crippen LogP contribution in [-0.4, -0.2) is 59.0 Å². The number of nitrogens with one attached hydrogen (secondary N) is 1. The zero-order valence-corrected chi connectivity index (χ0v) is 22.1. The summed E-state index contributed by atoms with van der Waals surface area (Å²) in [5.41, 5.74) is 6.58. The number of amides is 1. The molecule has 0 aliphatic rings. The van der Waals surface area contributed by atoms with Gasteiger partial charge in [0.05, 0.1) is 57.4 Å². The first-order valence-corrected chi connectivity index (χ1v) is 12.2. The number of anilines is 1. The molecule has 4 aromatic rings. The Morgan fingerprint density at radius 1 is 1.03 bits per heavy atom. The Morgan fingerprint density at radius 2 is 1.72 bits per heavy atom. The molecule has 3 N–H and O–H groups in total. The molecule has 11 heteroatoms. The standard InChI is InChI=1S/C28H29F3N6O2/c1-18-23(25-12-13-34-36(25)21-10-8-20(32)9-11-21)17-24(26(38)33-14-15-37(2,3)4)27(39)35(18)22-7-5-6-19(16-22)28(29,30)31/h5-13,16-17H,14-15,32H2,1-4H3/p+1. The molecule has 0 radical (unpaired) electrons. The van der Waals surface area contributed by atoms with Crippen LogP contribution in [0.1, 0.15) is 21.6 Å². The SMILES string of the molecule is Cc1c(-c2ccnn2-c2ccc(N)cc2)cc(C(=O)NCC[N+](C)(C)C)c(=O)n1-c1cccc(C(F)(F)F)c1. The van der Waals surface area contributed by atoms with Crippen molar-refractivity contribution in [2.75, 3.05) is 40.0 Å². The molecule has 204 valence electrons. The fraction of sp³-hybridized carbons (Fsp3) is 0.250. The molecule has 0 bridgehead atoms. The monoisotopic (exact) mass is 539 g/mol. The summed E-state index contributed by atoms with van der Waals surface area (Å²) in [7, 11) is 5.90. The van der Waals surface area contributed by atoms with Crippen LogP contribution in [0.2, 0.25) is 0 Å². The fourth-order valence-corrected chi connectivity index (χ4v) is 4.19. The van der Waals surface area contributed by atoms with Gasteiger partial charge in [-0.05, 0) is 61.5 Å². The number of rotatable bonds is 7. The second-order valence-corrected chi connectivity index (χ2v) is 10.2. The number of halogens is 3. The van der Waals surface area contributed by atoms with Crippen LogP contribution < -0.4 is 16.6 Å². The molecule has 0 saturated carbocycles.